The monoisotopic (exact) mass is 418 g/mol. The van der Waals surface area contributed by atoms with Crippen LogP contribution in [0.4, 0.5) is 11.4 Å². The van der Waals surface area contributed by atoms with Gasteiger partial charge in [-0.25, -0.2) is 4.98 Å². The molecule has 0 fully saturated rings. The lowest BCUT2D eigenvalue weighted by atomic mass is 9.97. The Hall–Kier alpha value is -3.66. The summed E-state index contributed by atoms with van der Waals surface area (Å²) < 4.78 is 5.78. The zero-order valence-electron chi connectivity index (χ0n) is 18.0. The molecule has 0 aliphatic rings. The SMILES string of the molecule is CC(C)(C)c1nc2cc(NC(=O)CCC(=O)N(CCC#N)c3ccccc3)ccc2o1. The van der Waals surface area contributed by atoms with Gasteiger partial charge >= 0.3 is 0 Å². The zero-order valence-corrected chi connectivity index (χ0v) is 18.0. The van der Waals surface area contributed by atoms with Crippen molar-refractivity contribution < 1.29 is 14.0 Å². The fourth-order valence-electron chi connectivity index (χ4n) is 3.07. The molecule has 0 spiro atoms. The summed E-state index contributed by atoms with van der Waals surface area (Å²) in [7, 11) is 0. The molecular formula is C24H26N4O3. The van der Waals surface area contributed by atoms with Gasteiger partial charge in [-0.05, 0) is 30.3 Å². The van der Waals surface area contributed by atoms with Gasteiger partial charge in [0.25, 0.3) is 0 Å². The summed E-state index contributed by atoms with van der Waals surface area (Å²) >= 11 is 0. The van der Waals surface area contributed by atoms with E-state index >= 15 is 0 Å². The summed E-state index contributed by atoms with van der Waals surface area (Å²) in [5, 5.41) is 11.7. The van der Waals surface area contributed by atoms with E-state index in [1.54, 1.807) is 23.1 Å². The fourth-order valence-corrected chi connectivity index (χ4v) is 3.07. The molecule has 3 rings (SSSR count). The second-order valence-electron chi connectivity index (χ2n) is 8.29. The number of oxazole rings is 1. The Morgan fingerprint density at radius 3 is 2.55 bits per heavy atom. The fraction of sp³-hybridized carbons (Fsp3) is 0.333. The molecule has 31 heavy (non-hydrogen) atoms. The molecule has 0 bridgehead atoms. The van der Waals surface area contributed by atoms with Crippen molar-refractivity contribution in [2.75, 3.05) is 16.8 Å². The van der Waals surface area contributed by atoms with Gasteiger partial charge in [0.15, 0.2) is 5.58 Å². The first-order chi connectivity index (χ1) is 14.8. The molecule has 3 aromatic rings. The standard InChI is InChI=1S/C24H26N4O3/c1-24(2,3)23-27-19-16-17(10-11-20(19)31-23)26-21(29)12-13-22(30)28(15-7-14-25)18-8-5-4-6-9-18/h4-6,8-11,16H,7,12-13,15H2,1-3H3,(H,26,29). The number of rotatable bonds is 7. The van der Waals surface area contributed by atoms with E-state index in [1.165, 1.54) is 0 Å². The summed E-state index contributed by atoms with van der Waals surface area (Å²) in [6, 6.07) is 16.5. The summed E-state index contributed by atoms with van der Waals surface area (Å²) in [5.41, 5.74) is 2.44. The van der Waals surface area contributed by atoms with Crippen molar-refractivity contribution in [3.8, 4) is 6.07 Å². The van der Waals surface area contributed by atoms with Crippen LogP contribution in [0, 0.1) is 11.3 Å². The van der Waals surface area contributed by atoms with Crippen LogP contribution in [-0.2, 0) is 15.0 Å². The quantitative estimate of drug-likeness (QED) is 0.595. The van der Waals surface area contributed by atoms with Crippen LogP contribution in [-0.4, -0.2) is 23.3 Å². The topological polar surface area (TPSA) is 99.2 Å². The molecule has 0 radical (unpaired) electrons. The summed E-state index contributed by atoms with van der Waals surface area (Å²) in [6.07, 6.45) is 0.312. The Labute approximate surface area is 181 Å². The van der Waals surface area contributed by atoms with E-state index in [4.69, 9.17) is 9.68 Å². The molecule has 2 aromatic carbocycles. The third-order valence-electron chi connectivity index (χ3n) is 4.69. The van der Waals surface area contributed by atoms with E-state index in [0.717, 1.165) is 0 Å². The van der Waals surface area contributed by atoms with E-state index in [1.807, 2.05) is 51.1 Å². The second-order valence-corrected chi connectivity index (χ2v) is 8.29. The number of para-hydroxylation sites is 1. The molecule has 160 valence electrons. The van der Waals surface area contributed by atoms with Gasteiger partial charge in [-0.2, -0.15) is 5.26 Å². The number of benzene rings is 2. The lowest BCUT2D eigenvalue weighted by molar-refractivity contribution is -0.122. The van der Waals surface area contributed by atoms with Crippen LogP contribution in [0.5, 0.6) is 0 Å². The average molecular weight is 418 g/mol. The molecule has 2 amide bonds. The van der Waals surface area contributed by atoms with E-state index in [9.17, 15) is 9.59 Å². The number of nitriles is 1. The molecular weight excluding hydrogens is 392 g/mol. The first kappa shape index (κ1) is 22.0. The van der Waals surface area contributed by atoms with Gasteiger partial charge in [0.1, 0.15) is 5.52 Å². The number of carbonyl (C=O) groups excluding carboxylic acids is 2. The maximum Gasteiger partial charge on any atom is 0.227 e. The van der Waals surface area contributed by atoms with Crippen molar-refractivity contribution in [1.29, 1.82) is 5.26 Å². The molecule has 1 N–H and O–H groups in total. The molecule has 1 heterocycles. The first-order valence-electron chi connectivity index (χ1n) is 10.2. The van der Waals surface area contributed by atoms with Crippen molar-refractivity contribution in [3.63, 3.8) is 0 Å². The number of hydrogen-bond acceptors (Lipinski definition) is 5. The molecule has 0 unspecified atom stereocenters. The van der Waals surface area contributed by atoms with Crippen LogP contribution < -0.4 is 10.2 Å². The lowest BCUT2D eigenvalue weighted by Crippen LogP contribution is -2.32. The normalized spacial score (nSPS) is 11.2. The first-order valence-corrected chi connectivity index (χ1v) is 10.2. The summed E-state index contributed by atoms with van der Waals surface area (Å²) in [5.74, 6) is 0.175. The minimum atomic E-state index is -0.263. The molecule has 7 heteroatoms. The number of aromatic nitrogens is 1. The molecule has 0 aliphatic carbocycles. The number of hydrogen-bond donors (Lipinski definition) is 1. The molecule has 0 atom stereocenters. The van der Waals surface area contributed by atoms with Crippen molar-refractivity contribution in [2.24, 2.45) is 0 Å². The zero-order chi connectivity index (χ0) is 22.4. The number of nitrogens with zero attached hydrogens (tertiary/aromatic N) is 3. The summed E-state index contributed by atoms with van der Waals surface area (Å²) in [4.78, 5) is 31.2. The number of nitrogens with one attached hydrogen (secondary N) is 1. The second kappa shape index (κ2) is 9.43. The van der Waals surface area contributed by atoms with E-state index < -0.39 is 0 Å². The Kier molecular flexibility index (Phi) is 6.71. The van der Waals surface area contributed by atoms with Gasteiger partial charge in [0.05, 0.1) is 12.5 Å². The van der Waals surface area contributed by atoms with Crippen molar-refractivity contribution >= 4 is 34.3 Å². The summed E-state index contributed by atoms with van der Waals surface area (Å²) in [6.45, 7) is 6.35. The van der Waals surface area contributed by atoms with Crippen molar-refractivity contribution in [1.82, 2.24) is 4.98 Å². The third-order valence-corrected chi connectivity index (χ3v) is 4.69. The Morgan fingerprint density at radius 1 is 1.13 bits per heavy atom. The molecule has 0 saturated carbocycles. The average Bonchev–Trinajstić information content (AvgIpc) is 3.17. The van der Waals surface area contributed by atoms with Crippen LogP contribution in [0.25, 0.3) is 11.1 Å². The lowest BCUT2D eigenvalue weighted by Gasteiger charge is -2.21. The highest BCUT2D eigenvalue weighted by Gasteiger charge is 2.21. The number of carbonyl (C=O) groups is 2. The van der Waals surface area contributed by atoms with Crippen LogP contribution in [0.2, 0.25) is 0 Å². The van der Waals surface area contributed by atoms with Crippen LogP contribution in [0.3, 0.4) is 0 Å². The number of fused-ring (bicyclic) bond motifs is 1. The predicted molar refractivity (Wildman–Crippen MR) is 120 cm³/mol. The van der Waals surface area contributed by atoms with Gasteiger partial charge in [-0.1, -0.05) is 39.0 Å². The predicted octanol–water partition coefficient (Wildman–Crippen LogP) is 4.79. The Morgan fingerprint density at radius 2 is 1.87 bits per heavy atom. The highest BCUT2D eigenvalue weighted by atomic mass is 16.3. The molecule has 1 aromatic heterocycles. The molecule has 0 aliphatic heterocycles. The highest BCUT2D eigenvalue weighted by Crippen LogP contribution is 2.27. The van der Waals surface area contributed by atoms with Gasteiger partial charge in [-0.15, -0.1) is 0 Å². The smallest absolute Gasteiger partial charge is 0.227 e. The Balaban J connectivity index is 1.62. The van der Waals surface area contributed by atoms with Crippen LogP contribution in [0.1, 0.15) is 45.9 Å². The van der Waals surface area contributed by atoms with E-state index in [2.05, 4.69) is 16.4 Å². The minimum absolute atomic E-state index is 0.0405. The largest absolute Gasteiger partial charge is 0.440 e. The Bertz CT molecular complexity index is 1110. The van der Waals surface area contributed by atoms with Crippen molar-refractivity contribution in [3.05, 3.63) is 54.4 Å². The molecule has 0 saturated heterocycles. The van der Waals surface area contributed by atoms with Gasteiger partial charge < -0.3 is 14.6 Å². The molecule has 7 nitrogen and oxygen atoms in total. The van der Waals surface area contributed by atoms with Crippen molar-refractivity contribution in [2.45, 2.75) is 45.4 Å². The highest BCUT2D eigenvalue weighted by molar-refractivity contribution is 5.98. The van der Waals surface area contributed by atoms with Crippen LogP contribution >= 0.6 is 0 Å². The van der Waals surface area contributed by atoms with Crippen LogP contribution in [0.15, 0.2) is 52.9 Å². The van der Waals surface area contributed by atoms with Gasteiger partial charge in [0, 0.05) is 36.2 Å². The van der Waals surface area contributed by atoms with E-state index in [-0.39, 0.29) is 36.5 Å². The van der Waals surface area contributed by atoms with Gasteiger partial charge in [-0.3, -0.25) is 9.59 Å². The van der Waals surface area contributed by atoms with E-state index in [0.29, 0.717) is 34.9 Å². The maximum atomic E-state index is 12.7. The number of amides is 2. The third kappa shape index (κ3) is 5.70. The minimum Gasteiger partial charge on any atom is -0.440 e. The van der Waals surface area contributed by atoms with Gasteiger partial charge in [0.2, 0.25) is 17.7 Å². The maximum absolute atomic E-state index is 12.7. The number of anilines is 2.